The fourth-order valence-electron chi connectivity index (χ4n) is 4.87. The molecule has 0 aliphatic heterocycles. The minimum atomic E-state index is 0.919. The summed E-state index contributed by atoms with van der Waals surface area (Å²) in [5, 5.41) is 6.39. The van der Waals surface area contributed by atoms with Crippen LogP contribution in [0.4, 0.5) is 0 Å². The Bertz CT molecular complexity index is 1820. The van der Waals surface area contributed by atoms with Gasteiger partial charge in [0.1, 0.15) is 6.33 Å². The van der Waals surface area contributed by atoms with E-state index in [1.165, 1.54) is 41.9 Å². The minimum absolute atomic E-state index is 0.919. The second-order valence-electron chi connectivity index (χ2n) is 8.10. The summed E-state index contributed by atoms with van der Waals surface area (Å²) in [6.45, 7) is 0. The first kappa shape index (κ1) is 18.4. The van der Waals surface area contributed by atoms with Crippen molar-refractivity contribution < 1.29 is 0 Å². The Morgan fingerprint density at radius 2 is 1.48 bits per heavy atom. The highest BCUT2D eigenvalue weighted by atomic mass is 32.1. The van der Waals surface area contributed by atoms with Crippen molar-refractivity contribution in [3.05, 3.63) is 103 Å². The number of fused-ring (bicyclic) bond motifs is 3. The van der Waals surface area contributed by atoms with Crippen LogP contribution in [-0.2, 0) is 0 Å². The van der Waals surface area contributed by atoms with E-state index < -0.39 is 0 Å². The molecular weight excluding hydrogens is 422 g/mol. The van der Waals surface area contributed by atoms with Crippen LogP contribution in [0.15, 0.2) is 91.5 Å². The summed E-state index contributed by atoms with van der Waals surface area (Å²) in [6.07, 6.45) is 9.66. The summed E-state index contributed by atoms with van der Waals surface area (Å²) in [5.74, 6) is 0. The molecule has 0 fully saturated rings. The van der Waals surface area contributed by atoms with Gasteiger partial charge in [0, 0.05) is 48.9 Å². The van der Waals surface area contributed by atoms with E-state index in [-0.39, 0.29) is 0 Å². The molecule has 4 aromatic carbocycles. The van der Waals surface area contributed by atoms with Crippen molar-refractivity contribution in [2.75, 3.05) is 0 Å². The summed E-state index contributed by atoms with van der Waals surface area (Å²) < 4.78 is 2.63. The third-order valence-electron chi connectivity index (χ3n) is 6.29. The van der Waals surface area contributed by atoms with Gasteiger partial charge in [-0.25, -0.2) is 9.97 Å². The molecular formula is C29H17N3S. The van der Waals surface area contributed by atoms with Crippen LogP contribution in [0, 0.1) is 0 Å². The van der Waals surface area contributed by atoms with E-state index in [1.807, 2.05) is 35.7 Å². The van der Waals surface area contributed by atoms with Gasteiger partial charge in [-0.05, 0) is 40.8 Å². The Balaban J connectivity index is 1.50. The van der Waals surface area contributed by atoms with Gasteiger partial charge in [-0.15, -0.1) is 11.3 Å². The second-order valence-corrected chi connectivity index (χ2v) is 9.18. The maximum absolute atomic E-state index is 4.84. The van der Waals surface area contributed by atoms with E-state index in [1.54, 1.807) is 12.5 Å². The second kappa shape index (κ2) is 7.19. The Labute approximate surface area is 194 Å². The van der Waals surface area contributed by atoms with E-state index >= 15 is 0 Å². The number of pyridine rings is 1. The summed E-state index contributed by atoms with van der Waals surface area (Å²) in [4.78, 5) is 13.4. The van der Waals surface area contributed by atoms with Crippen molar-refractivity contribution in [2.24, 2.45) is 0 Å². The maximum Gasteiger partial charge on any atom is 0.116 e. The third-order valence-corrected chi connectivity index (χ3v) is 7.41. The molecule has 4 heteroatoms. The first-order valence-electron chi connectivity index (χ1n) is 10.9. The van der Waals surface area contributed by atoms with Gasteiger partial charge in [-0.3, -0.25) is 4.98 Å². The normalized spacial score (nSPS) is 12.1. The average molecular weight is 440 g/mol. The van der Waals surface area contributed by atoms with Crippen LogP contribution in [0.1, 0.15) is 11.1 Å². The Hall–Kier alpha value is -4.15. The molecule has 7 rings (SSSR count). The zero-order valence-electron chi connectivity index (χ0n) is 17.6. The van der Waals surface area contributed by atoms with Crippen molar-refractivity contribution >= 4 is 65.3 Å². The molecule has 3 heterocycles. The molecule has 0 amide bonds. The van der Waals surface area contributed by atoms with Crippen molar-refractivity contribution in [3.63, 3.8) is 0 Å². The van der Waals surface area contributed by atoms with Gasteiger partial charge in [0.05, 0.1) is 11.2 Å². The third kappa shape index (κ3) is 2.78. The number of benzene rings is 4. The van der Waals surface area contributed by atoms with Gasteiger partial charge < -0.3 is 0 Å². The molecule has 0 saturated carbocycles. The fourth-order valence-corrected chi connectivity index (χ4v) is 6.01. The van der Waals surface area contributed by atoms with Crippen LogP contribution in [0.25, 0.3) is 65.3 Å². The summed E-state index contributed by atoms with van der Waals surface area (Å²) in [7, 11) is 0. The number of thiophene rings is 1. The topological polar surface area (TPSA) is 38.7 Å². The lowest BCUT2D eigenvalue weighted by Gasteiger charge is -2.11. The van der Waals surface area contributed by atoms with Crippen molar-refractivity contribution in [2.45, 2.75) is 0 Å². The van der Waals surface area contributed by atoms with Gasteiger partial charge in [0.2, 0.25) is 0 Å². The van der Waals surface area contributed by atoms with Gasteiger partial charge in [0.15, 0.2) is 0 Å². The first-order valence-corrected chi connectivity index (χ1v) is 11.7. The molecule has 3 aromatic heterocycles. The Morgan fingerprint density at radius 3 is 2.42 bits per heavy atom. The molecule has 154 valence electrons. The predicted molar refractivity (Wildman–Crippen MR) is 140 cm³/mol. The van der Waals surface area contributed by atoms with Crippen LogP contribution >= 0.6 is 11.3 Å². The minimum Gasteiger partial charge on any atom is -0.256 e. The van der Waals surface area contributed by atoms with Crippen LogP contribution in [0.3, 0.4) is 0 Å². The summed E-state index contributed by atoms with van der Waals surface area (Å²) in [6, 6.07) is 25.6. The standard InChI is InChI=1S/C29H17N3S/c1-2-6-20(23-14-16-30-17-32-23)18(5-1)10-11-19-12-13-25-28-26(19)29-22(8-4-15-31-29)21-7-3-9-24(33-25)27(21)28/h1-17H/b11-10+. The largest absolute Gasteiger partial charge is 0.256 e. The molecule has 0 unspecified atom stereocenters. The highest BCUT2D eigenvalue weighted by Crippen LogP contribution is 2.45. The molecule has 0 atom stereocenters. The van der Waals surface area contributed by atoms with Crippen molar-refractivity contribution in [1.82, 2.24) is 15.0 Å². The molecule has 3 nitrogen and oxygen atoms in total. The molecule has 0 radical (unpaired) electrons. The lowest BCUT2D eigenvalue weighted by Crippen LogP contribution is -1.88. The molecule has 0 bridgehead atoms. The van der Waals surface area contributed by atoms with Gasteiger partial charge in [0.25, 0.3) is 0 Å². The lowest BCUT2D eigenvalue weighted by atomic mass is 9.93. The number of hydrogen-bond donors (Lipinski definition) is 0. The highest BCUT2D eigenvalue weighted by Gasteiger charge is 2.17. The molecule has 0 aliphatic carbocycles. The predicted octanol–water partition coefficient (Wildman–Crippen LogP) is 7.82. The average Bonchev–Trinajstić information content (AvgIpc) is 3.27. The van der Waals surface area contributed by atoms with Gasteiger partial charge in [-0.2, -0.15) is 0 Å². The number of hydrogen-bond acceptors (Lipinski definition) is 4. The van der Waals surface area contributed by atoms with Crippen LogP contribution in [0.5, 0.6) is 0 Å². The number of nitrogens with zero attached hydrogens (tertiary/aromatic N) is 3. The van der Waals surface area contributed by atoms with Crippen LogP contribution in [0.2, 0.25) is 0 Å². The van der Waals surface area contributed by atoms with E-state index in [0.717, 1.165) is 22.3 Å². The van der Waals surface area contributed by atoms with Gasteiger partial charge >= 0.3 is 0 Å². The highest BCUT2D eigenvalue weighted by molar-refractivity contribution is 7.26. The smallest absolute Gasteiger partial charge is 0.116 e. The van der Waals surface area contributed by atoms with Gasteiger partial charge in [-0.1, -0.05) is 60.7 Å². The molecule has 0 saturated heterocycles. The summed E-state index contributed by atoms with van der Waals surface area (Å²) >= 11 is 1.86. The Kier molecular flexibility index (Phi) is 4.01. The summed E-state index contributed by atoms with van der Waals surface area (Å²) in [5.41, 5.74) is 5.37. The number of rotatable bonds is 3. The maximum atomic E-state index is 4.84. The lowest BCUT2D eigenvalue weighted by molar-refractivity contribution is 1.17. The fraction of sp³-hybridized carbons (Fsp3) is 0. The molecule has 0 spiro atoms. The quantitative estimate of drug-likeness (QED) is 0.208. The van der Waals surface area contributed by atoms with Crippen LogP contribution in [-0.4, -0.2) is 15.0 Å². The van der Waals surface area contributed by atoms with E-state index in [0.29, 0.717) is 0 Å². The monoisotopic (exact) mass is 439 g/mol. The molecule has 0 aliphatic rings. The molecule has 0 N–H and O–H groups in total. The number of aromatic nitrogens is 3. The van der Waals surface area contributed by atoms with Crippen LogP contribution < -0.4 is 0 Å². The van der Waals surface area contributed by atoms with Crippen molar-refractivity contribution in [1.29, 1.82) is 0 Å². The van der Waals surface area contributed by atoms with Crippen molar-refractivity contribution in [3.8, 4) is 11.3 Å². The zero-order chi connectivity index (χ0) is 21.8. The molecule has 7 aromatic rings. The zero-order valence-corrected chi connectivity index (χ0v) is 18.4. The van der Waals surface area contributed by atoms with E-state index in [4.69, 9.17) is 4.98 Å². The molecule has 33 heavy (non-hydrogen) atoms. The first-order chi connectivity index (χ1) is 16.4. The van der Waals surface area contributed by atoms with E-state index in [2.05, 4.69) is 76.7 Å². The SMILES string of the molecule is C(=C\c1ccc2sc3cccc4c5cccnc5c1c2c34)/c1ccccc1-c1ccncn1. The Morgan fingerprint density at radius 1 is 0.606 bits per heavy atom. The van der Waals surface area contributed by atoms with E-state index in [9.17, 15) is 0 Å².